The SMILES string of the molecule is Cc1sc2nc([C@H]3CSc4ccccc4O3)[nH]c(=O)c2c1C. The number of ether oxygens (including phenoxy) is 1. The topological polar surface area (TPSA) is 55.0 Å². The predicted molar refractivity (Wildman–Crippen MR) is 90.2 cm³/mol. The first-order valence-corrected chi connectivity index (χ1v) is 8.82. The molecule has 4 rings (SSSR count). The molecule has 1 N–H and O–H groups in total. The van der Waals surface area contributed by atoms with Crippen molar-refractivity contribution in [1.82, 2.24) is 9.97 Å². The molecule has 0 saturated carbocycles. The standard InChI is InChI=1S/C16H14N2O2S2/c1-8-9(2)22-16-13(8)15(19)17-14(18-16)11-7-21-12-6-4-3-5-10(12)20-11/h3-6,11H,7H2,1-2H3,(H,17,18,19)/t11-/m1/s1. The number of aromatic amines is 1. The fraction of sp³-hybridized carbons (Fsp3) is 0.250. The van der Waals surface area contributed by atoms with E-state index in [1.807, 2.05) is 38.1 Å². The van der Waals surface area contributed by atoms with Crippen LogP contribution >= 0.6 is 23.1 Å². The number of rotatable bonds is 1. The third kappa shape index (κ3) is 2.14. The Morgan fingerprint density at radius 3 is 3.00 bits per heavy atom. The Kier molecular flexibility index (Phi) is 3.23. The van der Waals surface area contributed by atoms with Crippen LogP contribution in [0.25, 0.3) is 10.2 Å². The zero-order valence-electron chi connectivity index (χ0n) is 12.2. The van der Waals surface area contributed by atoms with Crippen molar-refractivity contribution >= 4 is 33.3 Å². The summed E-state index contributed by atoms with van der Waals surface area (Å²) in [5, 5.41) is 0.704. The lowest BCUT2D eigenvalue weighted by atomic mass is 10.2. The van der Waals surface area contributed by atoms with E-state index in [1.54, 1.807) is 23.1 Å². The molecule has 112 valence electrons. The van der Waals surface area contributed by atoms with Gasteiger partial charge in [-0.25, -0.2) is 4.98 Å². The lowest BCUT2D eigenvalue weighted by Crippen LogP contribution is -2.21. The molecule has 0 unspecified atom stereocenters. The van der Waals surface area contributed by atoms with E-state index in [-0.39, 0.29) is 11.7 Å². The predicted octanol–water partition coefficient (Wildman–Crippen LogP) is 3.83. The van der Waals surface area contributed by atoms with E-state index in [4.69, 9.17) is 4.74 Å². The first kappa shape index (κ1) is 13.8. The van der Waals surface area contributed by atoms with Gasteiger partial charge in [0.2, 0.25) is 0 Å². The van der Waals surface area contributed by atoms with Crippen molar-refractivity contribution < 1.29 is 4.74 Å². The van der Waals surface area contributed by atoms with Crippen LogP contribution in [0.2, 0.25) is 0 Å². The van der Waals surface area contributed by atoms with Crippen LogP contribution in [0.15, 0.2) is 34.0 Å². The number of hydrogen-bond acceptors (Lipinski definition) is 5. The highest BCUT2D eigenvalue weighted by atomic mass is 32.2. The number of fused-ring (bicyclic) bond motifs is 2. The number of para-hydroxylation sites is 1. The van der Waals surface area contributed by atoms with Crippen LogP contribution in [0.5, 0.6) is 5.75 Å². The molecule has 4 nitrogen and oxygen atoms in total. The number of aromatic nitrogens is 2. The van der Waals surface area contributed by atoms with Crippen LogP contribution in [-0.4, -0.2) is 15.7 Å². The van der Waals surface area contributed by atoms with Gasteiger partial charge in [0.25, 0.3) is 5.56 Å². The second kappa shape index (κ2) is 5.14. The molecule has 1 aliphatic heterocycles. The van der Waals surface area contributed by atoms with Gasteiger partial charge in [0.1, 0.15) is 10.6 Å². The zero-order valence-corrected chi connectivity index (χ0v) is 13.8. The first-order valence-electron chi connectivity index (χ1n) is 7.02. The minimum atomic E-state index is -0.222. The summed E-state index contributed by atoms with van der Waals surface area (Å²) in [4.78, 5) is 23.0. The molecular formula is C16H14N2O2S2. The smallest absolute Gasteiger partial charge is 0.260 e. The minimum absolute atomic E-state index is 0.0747. The zero-order chi connectivity index (χ0) is 15.3. The summed E-state index contributed by atoms with van der Waals surface area (Å²) in [5.74, 6) is 2.21. The molecule has 1 aromatic carbocycles. The fourth-order valence-electron chi connectivity index (χ4n) is 2.58. The lowest BCUT2D eigenvalue weighted by Gasteiger charge is -2.24. The second-order valence-electron chi connectivity index (χ2n) is 5.28. The molecule has 0 radical (unpaired) electrons. The molecule has 0 amide bonds. The highest BCUT2D eigenvalue weighted by molar-refractivity contribution is 7.99. The van der Waals surface area contributed by atoms with Crippen molar-refractivity contribution in [2.75, 3.05) is 5.75 Å². The van der Waals surface area contributed by atoms with Crippen molar-refractivity contribution in [3.05, 3.63) is 50.9 Å². The third-order valence-electron chi connectivity index (χ3n) is 3.87. The Morgan fingerprint density at radius 2 is 2.14 bits per heavy atom. The molecule has 0 aliphatic carbocycles. The molecule has 3 heterocycles. The number of nitrogens with one attached hydrogen (secondary N) is 1. The number of thiophene rings is 1. The van der Waals surface area contributed by atoms with E-state index < -0.39 is 0 Å². The van der Waals surface area contributed by atoms with Gasteiger partial charge in [0.15, 0.2) is 11.9 Å². The number of thioether (sulfide) groups is 1. The van der Waals surface area contributed by atoms with E-state index >= 15 is 0 Å². The summed E-state index contributed by atoms with van der Waals surface area (Å²) < 4.78 is 6.01. The van der Waals surface area contributed by atoms with Crippen molar-refractivity contribution in [3.8, 4) is 5.75 Å². The van der Waals surface area contributed by atoms with Gasteiger partial charge in [-0.1, -0.05) is 12.1 Å². The second-order valence-corrected chi connectivity index (χ2v) is 7.54. The van der Waals surface area contributed by atoms with Crippen LogP contribution in [-0.2, 0) is 0 Å². The van der Waals surface area contributed by atoms with Crippen molar-refractivity contribution in [2.24, 2.45) is 0 Å². The lowest BCUT2D eigenvalue weighted by molar-refractivity contribution is 0.210. The molecule has 1 atom stereocenters. The summed E-state index contributed by atoms with van der Waals surface area (Å²) >= 11 is 3.29. The van der Waals surface area contributed by atoms with Crippen LogP contribution in [0.3, 0.4) is 0 Å². The van der Waals surface area contributed by atoms with Crippen molar-refractivity contribution in [2.45, 2.75) is 24.8 Å². The Labute approximate surface area is 135 Å². The summed E-state index contributed by atoms with van der Waals surface area (Å²) in [6, 6.07) is 7.94. The fourth-order valence-corrected chi connectivity index (χ4v) is 4.61. The summed E-state index contributed by atoms with van der Waals surface area (Å²) in [7, 11) is 0. The number of H-pyrrole nitrogens is 1. The van der Waals surface area contributed by atoms with E-state index in [0.717, 1.165) is 31.7 Å². The van der Waals surface area contributed by atoms with Gasteiger partial charge in [-0.15, -0.1) is 23.1 Å². The maximum Gasteiger partial charge on any atom is 0.260 e. The third-order valence-corrected chi connectivity index (χ3v) is 6.09. The van der Waals surface area contributed by atoms with Gasteiger partial charge in [-0.05, 0) is 31.5 Å². The van der Waals surface area contributed by atoms with Crippen molar-refractivity contribution in [3.63, 3.8) is 0 Å². The normalized spacial score (nSPS) is 17.3. The molecule has 1 aliphatic rings. The van der Waals surface area contributed by atoms with Gasteiger partial charge in [0, 0.05) is 15.5 Å². The maximum atomic E-state index is 12.4. The maximum absolute atomic E-state index is 12.4. The Morgan fingerprint density at radius 1 is 1.32 bits per heavy atom. The molecule has 0 spiro atoms. The Hall–Kier alpha value is -1.79. The molecule has 0 saturated heterocycles. The molecule has 3 aromatic rings. The van der Waals surface area contributed by atoms with Crippen molar-refractivity contribution in [1.29, 1.82) is 0 Å². The quantitative estimate of drug-likeness (QED) is 0.737. The molecule has 0 fully saturated rings. The molecule has 2 aromatic heterocycles. The average molecular weight is 330 g/mol. The Balaban J connectivity index is 1.78. The van der Waals surface area contributed by atoms with Gasteiger partial charge in [-0.2, -0.15) is 0 Å². The molecule has 22 heavy (non-hydrogen) atoms. The van der Waals surface area contributed by atoms with E-state index in [0.29, 0.717) is 11.2 Å². The summed E-state index contributed by atoms with van der Waals surface area (Å²) in [5.41, 5.74) is 0.943. The van der Waals surface area contributed by atoms with Gasteiger partial charge in [0.05, 0.1) is 5.39 Å². The van der Waals surface area contributed by atoms with Crippen LogP contribution in [0.4, 0.5) is 0 Å². The number of aryl methyl sites for hydroxylation is 2. The molecule has 0 bridgehead atoms. The number of nitrogens with zero attached hydrogens (tertiary/aromatic N) is 1. The number of benzene rings is 1. The minimum Gasteiger partial charge on any atom is -0.480 e. The van der Waals surface area contributed by atoms with Gasteiger partial charge in [-0.3, -0.25) is 4.79 Å². The first-order chi connectivity index (χ1) is 10.6. The Bertz CT molecular complexity index is 930. The highest BCUT2D eigenvalue weighted by Crippen LogP contribution is 2.39. The van der Waals surface area contributed by atoms with Crippen LogP contribution < -0.4 is 10.3 Å². The van der Waals surface area contributed by atoms with E-state index in [9.17, 15) is 4.79 Å². The monoisotopic (exact) mass is 330 g/mol. The van der Waals surface area contributed by atoms with E-state index in [1.165, 1.54) is 0 Å². The molecular weight excluding hydrogens is 316 g/mol. The summed E-state index contributed by atoms with van der Waals surface area (Å²) in [6.07, 6.45) is -0.222. The summed E-state index contributed by atoms with van der Waals surface area (Å²) in [6.45, 7) is 3.98. The van der Waals surface area contributed by atoms with Crippen LogP contribution in [0, 0.1) is 13.8 Å². The van der Waals surface area contributed by atoms with Crippen LogP contribution in [0.1, 0.15) is 22.4 Å². The average Bonchev–Trinajstić information content (AvgIpc) is 2.82. The molecule has 6 heteroatoms. The van der Waals surface area contributed by atoms with E-state index in [2.05, 4.69) is 9.97 Å². The number of hydrogen-bond donors (Lipinski definition) is 1. The largest absolute Gasteiger partial charge is 0.480 e. The highest BCUT2D eigenvalue weighted by Gasteiger charge is 2.25. The van der Waals surface area contributed by atoms with Gasteiger partial charge >= 0.3 is 0 Å². The van der Waals surface area contributed by atoms with Gasteiger partial charge < -0.3 is 9.72 Å².